The number of amides is 1. The molecule has 1 amide bonds. The van der Waals surface area contributed by atoms with Crippen molar-refractivity contribution < 1.29 is 18.3 Å². The maximum absolute atomic E-state index is 12.7. The van der Waals surface area contributed by atoms with E-state index < -0.39 is 15.9 Å². The zero-order chi connectivity index (χ0) is 18.6. The van der Waals surface area contributed by atoms with Crippen LogP contribution in [0.5, 0.6) is 5.75 Å². The van der Waals surface area contributed by atoms with Gasteiger partial charge >= 0.3 is 0 Å². The summed E-state index contributed by atoms with van der Waals surface area (Å²) in [5, 5.41) is 12.1. The summed E-state index contributed by atoms with van der Waals surface area (Å²) in [5.41, 5.74) is 0.623. The second kappa shape index (κ2) is 7.99. The minimum Gasteiger partial charge on any atom is -0.508 e. The molecule has 0 aromatic heterocycles. The highest BCUT2D eigenvalue weighted by Gasteiger charge is 2.25. The van der Waals surface area contributed by atoms with E-state index in [0.717, 1.165) is 0 Å². The van der Waals surface area contributed by atoms with E-state index in [-0.39, 0.29) is 16.2 Å². The van der Waals surface area contributed by atoms with Crippen LogP contribution in [0.15, 0.2) is 51.8 Å². The number of phenols is 1. The maximum atomic E-state index is 12.7. The van der Waals surface area contributed by atoms with E-state index in [9.17, 15) is 18.3 Å². The summed E-state index contributed by atoms with van der Waals surface area (Å²) >= 11 is 3.25. The topological polar surface area (TPSA) is 86.7 Å². The summed E-state index contributed by atoms with van der Waals surface area (Å²) in [6, 6.07) is 10.5. The van der Waals surface area contributed by atoms with Gasteiger partial charge in [-0.3, -0.25) is 4.79 Å². The van der Waals surface area contributed by atoms with Gasteiger partial charge < -0.3 is 10.4 Å². The number of benzene rings is 2. The first-order valence-corrected chi connectivity index (χ1v) is 9.93. The van der Waals surface area contributed by atoms with E-state index in [4.69, 9.17) is 0 Å². The SMILES string of the molecule is CCN(CC)S(=O)(=O)c1cc(C(=O)Nc2cccc(O)c2)ccc1Br. The van der Waals surface area contributed by atoms with Crippen molar-refractivity contribution in [2.45, 2.75) is 18.7 Å². The van der Waals surface area contributed by atoms with Gasteiger partial charge in [-0.25, -0.2) is 8.42 Å². The summed E-state index contributed by atoms with van der Waals surface area (Å²) in [6.45, 7) is 4.19. The Morgan fingerprint density at radius 2 is 1.84 bits per heavy atom. The number of phenolic OH excluding ortho intramolecular Hbond substituents is 1. The van der Waals surface area contributed by atoms with Crippen LogP contribution in [0.3, 0.4) is 0 Å². The molecular formula is C17H19BrN2O4S. The average molecular weight is 427 g/mol. The molecule has 0 spiro atoms. The molecule has 0 aliphatic rings. The number of rotatable bonds is 6. The molecule has 0 aliphatic carbocycles. The van der Waals surface area contributed by atoms with Crippen LogP contribution in [-0.4, -0.2) is 36.8 Å². The number of hydrogen-bond donors (Lipinski definition) is 2. The second-order valence-electron chi connectivity index (χ2n) is 5.24. The van der Waals surface area contributed by atoms with Gasteiger partial charge in [0.25, 0.3) is 5.91 Å². The van der Waals surface area contributed by atoms with E-state index >= 15 is 0 Å². The first-order valence-electron chi connectivity index (χ1n) is 7.69. The molecule has 0 unspecified atom stereocenters. The van der Waals surface area contributed by atoms with Crippen LogP contribution < -0.4 is 5.32 Å². The van der Waals surface area contributed by atoms with Crippen LogP contribution in [0, 0.1) is 0 Å². The molecule has 0 fully saturated rings. The number of halogens is 1. The number of nitrogens with zero attached hydrogens (tertiary/aromatic N) is 1. The van der Waals surface area contributed by atoms with Gasteiger partial charge in [0.2, 0.25) is 10.0 Å². The van der Waals surface area contributed by atoms with E-state index in [1.54, 1.807) is 26.0 Å². The molecule has 0 atom stereocenters. The fourth-order valence-electron chi connectivity index (χ4n) is 2.33. The lowest BCUT2D eigenvalue weighted by atomic mass is 10.2. The predicted octanol–water partition coefficient (Wildman–Crippen LogP) is 3.44. The van der Waals surface area contributed by atoms with Crippen molar-refractivity contribution in [2.24, 2.45) is 0 Å². The van der Waals surface area contributed by atoms with Gasteiger partial charge in [-0.05, 0) is 46.3 Å². The van der Waals surface area contributed by atoms with Crippen molar-refractivity contribution >= 4 is 37.5 Å². The molecule has 6 nitrogen and oxygen atoms in total. The van der Waals surface area contributed by atoms with Gasteiger partial charge in [-0.2, -0.15) is 4.31 Å². The highest BCUT2D eigenvalue weighted by molar-refractivity contribution is 9.10. The molecule has 0 bridgehead atoms. The number of nitrogens with one attached hydrogen (secondary N) is 1. The van der Waals surface area contributed by atoms with Crippen LogP contribution in [0.4, 0.5) is 5.69 Å². The van der Waals surface area contributed by atoms with Crippen molar-refractivity contribution in [3.05, 3.63) is 52.5 Å². The zero-order valence-corrected chi connectivity index (χ0v) is 16.3. The fraction of sp³-hybridized carbons (Fsp3) is 0.235. The van der Waals surface area contributed by atoms with Crippen LogP contribution in [0.2, 0.25) is 0 Å². The van der Waals surface area contributed by atoms with Gasteiger partial charge in [0.15, 0.2) is 0 Å². The lowest BCUT2D eigenvalue weighted by Gasteiger charge is -2.19. The Kier molecular flexibility index (Phi) is 6.21. The maximum Gasteiger partial charge on any atom is 0.255 e. The zero-order valence-electron chi connectivity index (χ0n) is 13.9. The minimum atomic E-state index is -3.70. The Bertz CT molecular complexity index is 880. The Balaban J connectivity index is 2.37. The van der Waals surface area contributed by atoms with E-state index in [0.29, 0.717) is 23.2 Å². The smallest absolute Gasteiger partial charge is 0.255 e. The van der Waals surface area contributed by atoms with Crippen LogP contribution in [0.25, 0.3) is 0 Å². The lowest BCUT2D eigenvalue weighted by Crippen LogP contribution is -2.31. The summed E-state index contributed by atoms with van der Waals surface area (Å²) in [6.07, 6.45) is 0. The lowest BCUT2D eigenvalue weighted by molar-refractivity contribution is 0.102. The van der Waals surface area contributed by atoms with E-state index in [1.807, 2.05) is 0 Å². The molecule has 2 aromatic carbocycles. The van der Waals surface area contributed by atoms with Crippen LogP contribution in [-0.2, 0) is 10.0 Å². The molecule has 0 saturated carbocycles. The summed E-state index contributed by atoms with van der Waals surface area (Å²) in [7, 11) is -3.70. The second-order valence-corrected chi connectivity index (χ2v) is 8.00. The van der Waals surface area contributed by atoms with Crippen molar-refractivity contribution in [2.75, 3.05) is 18.4 Å². The third-order valence-corrected chi connectivity index (χ3v) is 6.66. The molecular weight excluding hydrogens is 408 g/mol. The molecule has 0 aliphatic heterocycles. The van der Waals surface area contributed by atoms with Crippen molar-refractivity contribution in [1.82, 2.24) is 4.31 Å². The molecule has 2 aromatic rings. The third-order valence-electron chi connectivity index (χ3n) is 3.62. The number of carbonyl (C=O) groups excluding carboxylic acids is 1. The van der Waals surface area contributed by atoms with Gasteiger partial charge in [0, 0.05) is 34.9 Å². The van der Waals surface area contributed by atoms with Gasteiger partial charge in [0.05, 0.1) is 4.90 Å². The molecule has 0 heterocycles. The largest absolute Gasteiger partial charge is 0.508 e. The number of anilines is 1. The average Bonchev–Trinajstić information content (AvgIpc) is 2.55. The Morgan fingerprint density at radius 1 is 1.16 bits per heavy atom. The first-order chi connectivity index (χ1) is 11.8. The summed E-state index contributed by atoms with van der Waals surface area (Å²) in [5.74, 6) is -0.437. The molecule has 0 saturated heterocycles. The number of carbonyl (C=O) groups is 1. The van der Waals surface area contributed by atoms with Gasteiger partial charge in [-0.15, -0.1) is 0 Å². The molecule has 0 radical (unpaired) electrons. The number of aromatic hydroxyl groups is 1. The highest BCUT2D eigenvalue weighted by Crippen LogP contribution is 2.27. The molecule has 8 heteroatoms. The molecule has 2 N–H and O–H groups in total. The van der Waals surface area contributed by atoms with Gasteiger partial charge in [-0.1, -0.05) is 19.9 Å². The normalized spacial score (nSPS) is 11.5. The molecule has 25 heavy (non-hydrogen) atoms. The predicted molar refractivity (Wildman–Crippen MR) is 100 cm³/mol. The summed E-state index contributed by atoms with van der Waals surface area (Å²) in [4.78, 5) is 12.4. The standard InChI is InChI=1S/C17H19BrN2O4S/c1-3-20(4-2)25(23,24)16-10-12(8-9-15(16)18)17(22)19-13-6-5-7-14(21)11-13/h5-11,21H,3-4H2,1-2H3,(H,19,22). The Hall–Kier alpha value is -1.90. The first kappa shape index (κ1) is 19.4. The monoisotopic (exact) mass is 426 g/mol. The van der Waals surface area contributed by atoms with E-state index in [1.165, 1.54) is 34.6 Å². The van der Waals surface area contributed by atoms with E-state index in [2.05, 4.69) is 21.2 Å². The minimum absolute atomic E-state index is 0.0263. The Labute approximate surface area is 155 Å². The van der Waals surface area contributed by atoms with Gasteiger partial charge in [0.1, 0.15) is 5.75 Å². The van der Waals surface area contributed by atoms with Crippen molar-refractivity contribution in [3.63, 3.8) is 0 Å². The Morgan fingerprint density at radius 3 is 2.44 bits per heavy atom. The fourth-order valence-corrected chi connectivity index (χ4v) is 4.74. The van der Waals surface area contributed by atoms with Crippen LogP contribution >= 0.6 is 15.9 Å². The third kappa shape index (κ3) is 4.39. The summed E-state index contributed by atoms with van der Waals surface area (Å²) < 4.78 is 27.2. The van der Waals surface area contributed by atoms with Crippen molar-refractivity contribution in [1.29, 1.82) is 0 Å². The number of hydrogen-bond acceptors (Lipinski definition) is 4. The van der Waals surface area contributed by atoms with Crippen molar-refractivity contribution in [3.8, 4) is 5.75 Å². The van der Waals surface area contributed by atoms with Crippen LogP contribution in [0.1, 0.15) is 24.2 Å². The highest BCUT2D eigenvalue weighted by atomic mass is 79.9. The molecule has 2 rings (SSSR count). The molecule has 134 valence electrons. The quantitative estimate of drug-likeness (QED) is 0.740. The number of sulfonamides is 1.